The van der Waals surface area contributed by atoms with Gasteiger partial charge in [-0.25, -0.2) is 0 Å². The van der Waals surface area contributed by atoms with Crippen molar-refractivity contribution in [3.8, 4) is 5.75 Å². The van der Waals surface area contributed by atoms with Crippen LogP contribution in [0, 0.1) is 0 Å². The van der Waals surface area contributed by atoms with Crippen LogP contribution in [0.1, 0.15) is 44.1 Å². The van der Waals surface area contributed by atoms with Crippen LogP contribution < -0.4 is 10.1 Å². The molecule has 0 saturated heterocycles. The second-order valence-corrected chi connectivity index (χ2v) is 5.23. The van der Waals surface area contributed by atoms with Crippen molar-refractivity contribution in [2.45, 2.75) is 32.7 Å². The van der Waals surface area contributed by atoms with Gasteiger partial charge in [0.25, 0.3) is 0 Å². The Balaban J connectivity index is 1.79. The molecular weight excluding hydrogens is 250 g/mol. The molecule has 0 saturated carbocycles. The van der Waals surface area contributed by atoms with Gasteiger partial charge < -0.3 is 14.5 Å². The van der Waals surface area contributed by atoms with E-state index < -0.39 is 0 Å². The molecule has 0 aliphatic rings. The molecule has 1 aromatic carbocycles. The lowest BCUT2D eigenvalue weighted by atomic mass is 10.0. The highest BCUT2D eigenvalue weighted by Gasteiger charge is 2.08. The standard InChI is InChI=1S/C17H23NO2/c1-13(2)15-7-4-5-8-17(15)20-12-10-18-14(3)16-9-6-11-19-16/h4-9,11,13-14,18H,10,12H2,1-3H3. The SMILES string of the molecule is CC(C)c1ccccc1OCCNC(C)c1ccco1. The highest BCUT2D eigenvalue weighted by molar-refractivity contribution is 5.35. The lowest BCUT2D eigenvalue weighted by Crippen LogP contribution is -2.24. The van der Waals surface area contributed by atoms with Gasteiger partial charge in [-0.2, -0.15) is 0 Å². The summed E-state index contributed by atoms with van der Waals surface area (Å²) < 4.78 is 11.2. The molecule has 2 aromatic rings. The number of nitrogens with one attached hydrogen (secondary N) is 1. The Bertz CT molecular complexity index is 505. The molecule has 0 aliphatic carbocycles. The first kappa shape index (κ1) is 14.7. The molecule has 0 fully saturated rings. The second kappa shape index (κ2) is 7.15. The van der Waals surface area contributed by atoms with Gasteiger partial charge in [0.15, 0.2) is 0 Å². The lowest BCUT2D eigenvalue weighted by molar-refractivity contribution is 0.298. The molecule has 1 heterocycles. The number of para-hydroxylation sites is 1. The summed E-state index contributed by atoms with van der Waals surface area (Å²) in [4.78, 5) is 0. The number of ether oxygens (including phenoxy) is 1. The fourth-order valence-corrected chi connectivity index (χ4v) is 2.16. The number of hydrogen-bond acceptors (Lipinski definition) is 3. The van der Waals surface area contributed by atoms with Gasteiger partial charge in [-0.1, -0.05) is 32.0 Å². The van der Waals surface area contributed by atoms with E-state index in [1.54, 1.807) is 6.26 Å². The maximum Gasteiger partial charge on any atom is 0.122 e. The summed E-state index contributed by atoms with van der Waals surface area (Å²) in [6.45, 7) is 7.88. The quantitative estimate of drug-likeness (QED) is 0.770. The summed E-state index contributed by atoms with van der Waals surface area (Å²) in [5, 5.41) is 3.39. The Labute approximate surface area is 121 Å². The Morgan fingerprint density at radius 2 is 1.90 bits per heavy atom. The Morgan fingerprint density at radius 1 is 1.10 bits per heavy atom. The van der Waals surface area contributed by atoms with E-state index in [2.05, 4.69) is 38.2 Å². The highest BCUT2D eigenvalue weighted by atomic mass is 16.5. The number of hydrogen-bond donors (Lipinski definition) is 1. The van der Waals surface area contributed by atoms with E-state index >= 15 is 0 Å². The number of benzene rings is 1. The maximum absolute atomic E-state index is 5.87. The third kappa shape index (κ3) is 3.87. The zero-order valence-corrected chi connectivity index (χ0v) is 12.4. The molecule has 2 rings (SSSR count). The van der Waals surface area contributed by atoms with E-state index in [1.807, 2.05) is 24.3 Å². The van der Waals surface area contributed by atoms with E-state index in [9.17, 15) is 0 Å². The third-order valence-electron chi connectivity index (χ3n) is 3.32. The summed E-state index contributed by atoms with van der Waals surface area (Å²) in [5.41, 5.74) is 1.26. The van der Waals surface area contributed by atoms with Gasteiger partial charge in [0.1, 0.15) is 18.1 Å². The van der Waals surface area contributed by atoms with E-state index in [1.165, 1.54) is 5.56 Å². The zero-order valence-electron chi connectivity index (χ0n) is 12.4. The van der Waals surface area contributed by atoms with E-state index in [0.29, 0.717) is 12.5 Å². The van der Waals surface area contributed by atoms with Crippen LogP contribution in [-0.4, -0.2) is 13.2 Å². The topological polar surface area (TPSA) is 34.4 Å². The monoisotopic (exact) mass is 273 g/mol. The van der Waals surface area contributed by atoms with Crippen LogP contribution >= 0.6 is 0 Å². The maximum atomic E-state index is 5.87. The smallest absolute Gasteiger partial charge is 0.122 e. The molecule has 1 atom stereocenters. The minimum Gasteiger partial charge on any atom is -0.492 e. The van der Waals surface area contributed by atoms with Crippen molar-refractivity contribution in [2.75, 3.05) is 13.2 Å². The molecule has 3 heteroatoms. The van der Waals surface area contributed by atoms with Gasteiger partial charge in [0, 0.05) is 6.54 Å². The van der Waals surface area contributed by atoms with Crippen LogP contribution in [0.25, 0.3) is 0 Å². The van der Waals surface area contributed by atoms with Crippen molar-refractivity contribution < 1.29 is 9.15 Å². The van der Waals surface area contributed by atoms with Crippen molar-refractivity contribution in [2.24, 2.45) is 0 Å². The summed E-state index contributed by atoms with van der Waals surface area (Å²) >= 11 is 0. The Hall–Kier alpha value is -1.74. The molecular formula is C17H23NO2. The zero-order chi connectivity index (χ0) is 14.4. The number of furan rings is 1. The first-order valence-electron chi connectivity index (χ1n) is 7.17. The first-order chi connectivity index (χ1) is 9.68. The summed E-state index contributed by atoms with van der Waals surface area (Å²) in [7, 11) is 0. The van der Waals surface area contributed by atoms with E-state index in [4.69, 9.17) is 9.15 Å². The van der Waals surface area contributed by atoms with Crippen LogP contribution in [-0.2, 0) is 0 Å². The molecule has 0 bridgehead atoms. The molecule has 3 nitrogen and oxygen atoms in total. The highest BCUT2D eigenvalue weighted by Crippen LogP contribution is 2.25. The van der Waals surface area contributed by atoms with Gasteiger partial charge in [-0.15, -0.1) is 0 Å². The molecule has 1 aromatic heterocycles. The molecule has 20 heavy (non-hydrogen) atoms. The van der Waals surface area contributed by atoms with Crippen molar-refractivity contribution in [3.63, 3.8) is 0 Å². The lowest BCUT2D eigenvalue weighted by Gasteiger charge is -2.15. The van der Waals surface area contributed by atoms with Gasteiger partial charge >= 0.3 is 0 Å². The average Bonchev–Trinajstić information content (AvgIpc) is 2.98. The second-order valence-electron chi connectivity index (χ2n) is 5.23. The van der Waals surface area contributed by atoms with Gasteiger partial charge in [-0.05, 0) is 36.6 Å². The fraction of sp³-hybridized carbons (Fsp3) is 0.412. The van der Waals surface area contributed by atoms with Gasteiger partial charge in [-0.3, -0.25) is 0 Å². The molecule has 0 aliphatic heterocycles. The Morgan fingerprint density at radius 3 is 2.60 bits per heavy atom. The third-order valence-corrected chi connectivity index (χ3v) is 3.32. The van der Waals surface area contributed by atoms with Crippen molar-refractivity contribution in [1.82, 2.24) is 5.32 Å². The number of rotatable bonds is 7. The van der Waals surface area contributed by atoms with E-state index in [-0.39, 0.29) is 6.04 Å². The molecule has 0 amide bonds. The Kier molecular flexibility index (Phi) is 5.24. The van der Waals surface area contributed by atoms with E-state index in [0.717, 1.165) is 18.1 Å². The minimum absolute atomic E-state index is 0.203. The van der Waals surface area contributed by atoms with Crippen molar-refractivity contribution in [3.05, 3.63) is 54.0 Å². The normalized spacial score (nSPS) is 12.6. The van der Waals surface area contributed by atoms with Gasteiger partial charge in [0.05, 0.1) is 12.3 Å². The summed E-state index contributed by atoms with van der Waals surface area (Å²) in [6.07, 6.45) is 1.70. The van der Waals surface area contributed by atoms with Crippen molar-refractivity contribution in [1.29, 1.82) is 0 Å². The largest absolute Gasteiger partial charge is 0.492 e. The molecule has 108 valence electrons. The summed E-state index contributed by atoms with van der Waals surface area (Å²) in [6, 6.07) is 12.3. The predicted molar refractivity (Wildman–Crippen MR) is 81.2 cm³/mol. The molecule has 0 spiro atoms. The van der Waals surface area contributed by atoms with Crippen LogP contribution in [0.3, 0.4) is 0 Å². The summed E-state index contributed by atoms with van der Waals surface area (Å²) in [5.74, 6) is 2.41. The van der Waals surface area contributed by atoms with Crippen molar-refractivity contribution >= 4 is 0 Å². The average molecular weight is 273 g/mol. The van der Waals surface area contributed by atoms with Crippen LogP contribution in [0.5, 0.6) is 5.75 Å². The predicted octanol–water partition coefficient (Wildman–Crippen LogP) is 4.13. The fourth-order valence-electron chi connectivity index (χ4n) is 2.16. The minimum atomic E-state index is 0.203. The van der Waals surface area contributed by atoms with Crippen LogP contribution in [0.15, 0.2) is 47.1 Å². The first-order valence-corrected chi connectivity index (χ1v) is 7.17. The van der Waals surface area contributed by atoms with Crippen LogP contribution in [0.4, 0.5) is 0 Å². The molecule has 1 N–H and O–H groups in total. The van der Waals surface area contributed by atoms with Gasteiger partial charge in [0.2, 0.25) is 0 Å². The molecule has 1 unspecified atom stereocenters. The molecule has 0 radical (unpaired) electrons. The van der Waals surface area contributed by atoms with Crippen LogP contribution in [0.2, 0.25) is 0 Å².